The number of aliphatic imine (C=N–C) groups is 1. The number of fused-ring (bicyclic) bond motifs is 1. The molecule has 2 heterocycles. The summed E-state index contributed by atoms with van der Waals surface area (Å²) >= 11 is 0. The number of pyridine rings is 1. The number of benzene rings is 1. The molecule has 1 aromatic carbocycles. The number of carbonyl (C=O) groups is 1. The van der Waals surface area contributed by atoms with Crippen LogP contribution in [0.2, 0.25) is 0 Å². The lowest BCUT2D eigenvalue weighted by Crippen LogP contribution is -2.11. The Hall–Kier alpha value is -2.26. The van der Waals surface area contributed by atoms with Crippen molar-refractivity contribution in [3.8, 4) is 0 Å². The van der Waals surface area contributed by atoms with Gasteiger partial charge in [-0.1, -0.05) is 12.1 Å². The zero-order valence-electron chi connectivity index (χ0n) is 16.0. The first-order valence-electron chi connectivity index (χ1n) is 9.32. The third kappa shape index (κ3) is 3.89. The van der Waals surface area contributed by atoms with Gasteiger partial charge in [0.05, 0.1) is 17.1 Å². The molecule has 5 nitrogen and oxygen atoms in total. The second-order valence-corrected chi connectivity index (χ2v) is 11.1. The number of anilines is 2. The van der Waals surface area contributed by atoms with Crippen LogP contribution in [0.3, 0.4) is 0 Å². The molecule has 0 saturated heterocycles. The summed E-state index contributed by atoms with van der Waals surface area (Å²) in [6.07, 6.45) is 3.09. The molecule has 1 fully saturated rings. The first-order valence-corrected chi connectivity index (χ1v) is 11.9. The molecule has 1 aliphatic carbocycles. The number of hydrogen-bond donors (Lipinski definition) is 1. The van der Waals surface area contributed by atoms with Gasteiger partial charge in [0, 0.05) is 35.5 Å². The molecule has 6 heteroatoms. The molecule has 1 N–H and O–H groups in total. The van der Waals surface area contributed by atoms with Crippen LogP contribution in [0.1, 0.15) is 31.2 Å². The molecule has 1 aliphatic heterocycles. The monoisotopic (exact) mass is 381 g/mol. The molecule has 2 aromatic rings. The number of carbonyl (C=O) groups excluding carboxylic acids is 1. The van der Waals surface area contributed by atoms with E-state index in [0.29, 0.717) is 12.8 Å². The van der Waals surface area contributed by atoms with Gasteiger partial charge < -0.3 is 9.88 Å². The summed E-state index contributed by atoms with van der Waals surface area (Å²) in [4.78, 5) is 21.6. The molecular weight excluding hydrogens is 357 g/mol. The summed E-state index contributed by atoms with van der Waals surface area (Å²) in [5.41, 5.74) is 5.18. The average molecular weight is 381 g/mol. The van der Waals surface area contributed by atoms with Crippen molar-refractivity contribution >= 4 is 41.0 Å². The van der Waals surface area contributed by atoms with Gasteiger partial charge in [0.15, 0.2) is 0 Å². The van der Waals surface area contributed by atoms with E-state index < -0.39 is 7.14 Å². The van der Waals surface area contributed by atoms with Crippen LogP contribution in [0, 0.1) is 5.92 Å². The summed E-state index contributed by atoms with van der Waals surface area (Å²) in [5, 5.41) is 4.24. The Labute approximate surface area is 159 Å². The Balaban J connectivity index is 1.72. The van der Waals surface area contributed by atoms with E-state index in [9.17, 15) is 9.36 Å². The van der Waals surface area contributed by atoms with Crippen LogP contribution < -0.4 is 10.6 Å². The smallest absolute Gasteiger partial charge is 0.141 e. The van der Waals surface area contributed by atoms with Crippen molar-refractivity contribution in [2.45, 2.75) is 32.6 Å². The SMILES string of the molecule is CC1=Nc2c(Nc3ccccc3P(C)(C)=O)cc(CC(=O)C3CC3)nc2C1. The molecular formula is C21H24N3O2P. The molecule has 4 rings (SSSR count). The highest BCUT2D eigenvalue weighted by Gasteiger charge is 2.30. The lowest BCUT2D eigenvalue weighted by Gasteiger charge is -2.17. The molecule has 140 valence electrons. The summed E-state index contributed by atoms with van der Waals surface area (Å²) in [6, 6.07) is 9.58. The van der Waals surface area contributed by atoms with Gasteiger partial charge in [0.2, 0.25) is 0 Å². The molecule has 0 radical (unpaired) electrons. The van der Waals surface area contributed by atoms with Crippen molar-refractivity contribution < 1.29 is 9.36 Å². The van der Waals surface area contributed by atoms with E-state index in [1.165, 1.54) is 0 Å². The van der Waals surface area contributed by atoms with E-state index in [1.54, 1.807) is 13.3 Å². The second kappa shape index (κ2) is 6.72. The van der Waals surface area contributed by atoms with Crippen LogP contribution in [0.25, 0.3) is 0 Å². The molecule has 0 amide bonds. The minimum atomic E-state index is -2.43. The van der Waals surface area contributed by atoms with Gasteiger partial charge in [-0.15, -0.1) is 0 Å². The molecule has 1 aromatic heterocycles. The summed E-state index contributed by atoms with van der Waals surface area (Å²) < 4.78 is 12.7. The normalized spacial score (nSPS) is 16.0. The number of hydrogen-bond acceptors (Lipinski definition) is 5. The lowest BCUT2D eigenvalue weighted by atomic mass is 10.1. The number of para-hydroxylation sites is 1. The van der Waals surface area contributed by atoms with Gasteiger partial charge in [-0.05, 0) is 51.3 Å². The highest BCUT2D eigenvalue weighted by molar-refractivity contribution is 7.70. The maximum atomic E-state index is 12.7. The summed E-state index contributed by atoms with van der Waals surface area (Å²) in [5.74, 6) is 0.497. The Morgan fingerprint density at radius 2 is 1.96 bits per heavy atom. The lowest BCUT2D eigenvalue weighted by molar-refractivity contribution is -0.119. The van der Waals surface area contributed by atoms with E-state index in [-0.39, 0.29) is 11.7 Å². The third-order valence-corrected chi connectivity index (χ3v) is 6.54. The first-order chi connectivity index (χ1) is 12.8. The van der Waals surface area contributed by atoms with Crippen molar-refractivity contribution in [3.63, 3.8) is 0 Å². The van der Waals surface area contributed by atoms with Gasteiger partial charge in [0.1, 0.15) is 18.6 Å². The molecule has 1 saturated carbocycles. The molecule has 2 aliphatic rings. The first kappa shape index (κ1) is 18.1. The fourth-order valence-electron chi connectivity index (χ4n) is 3.48. The second-order valence-electron chi connectivity index (χ2n) is 7.89. The Morgan fingerprint density at radius 3 is 2.67 bits per heavy atom. The highest BCUT2D eigenvalue weighted by Crippen LogP contribution is 2.41. The highest BCUT2D eigenvalue weighted by atomic mass is 31.2. The quantitative estimate of drug-likeness (QED) is 0.760. The van der Waals surface area contributed by atoms with Crippen LogP contribution in [0.5, 0.6) is 0 Å². The van der Waals surface area contributed by atoms with Gasteiger partial charge >= 0.3 is 0 Å². The topological polar surface area (TPSA) is 71.4 Å². The van der Waals surface area contributed by atoms with E-state index in [1.807, 2.05) is 37.3 Å². The van der Waals surface area contributed by atoms with Crippen molar-refractivity contribution in [3.05, 3.63) is 41.7 Å². The van der Waals surface area contributed by atoms with Gasteiger partial charge in [-0.3, -0.25) is 14.8 Å². The van der Waals surface area contributed by atoms with Crippen LogP contribution in [0.4, 0.5) is 17.1 Å². The van der Waals surface area contributed by atoms with Crippen molar-refractivity contribution in [1.29, 1.82) is 0 Å². The van der Waals surface area contributed by atoms with Gasteiger partial charge in [-0.25, -0.2) is 0 Å². The molecule has 27 heavy (non-hydrogen) atoms. The zero-order valence-corrected chi connectivity index (χ0v) is 16.8. The van der Waals surface area contributed by atoms with E-state index in [0.717, 1.165) is 52.3 Å². The van der Waals surface area contributed by atoms with Crippen LogP contribution in [-0.4, -0.2) is 29.8 Å². The largest absolute Gasteiger partial charge is 0.353 e. The van der Waals surface area contributed by atoms with Crippen LogP contribution >= 0.6 is 7.14 Å². The Kier molecular flexibility index (Phi) is 4.51. The third-order valence-electron chi connectivity index (χ3n) is 4.99. The summed E-state index contributed by atoms with van der Waals surface area (Å²) in [7, 11) is -2.43. The van der Waals surface area contributed by atoms with Crippen LogP contribution in [-0.2, 0) is 22.2 Å². The zero-order chi connectivity index (χ0) is 19.2. The number of aromatic nitrogens is 1. The number of Topliss-reactive ketones (excluding diaryl/α,β-unsaturated/α-hetero) is 1. The van der Waals surface area contributed by atoms with Crippen molar-refractivity contribution in [2.24, 2.45) is 10.9 Å². The van der Waals surface area contributed by atoms with Gasteiger partial charge in [-0.2, -0.15) is 0 Å². The number of nitrogens with zero attached hydrogens (tertiary/aromatic N) is 2. The molecule has 0 unspecified atom stereocenters. The Bertz CT molecular complexity index is 1000. The number of ketones is 1. The summed E-state index contributed by atoms with van der Waals surface area (Å²) in [6.45, 7) is 5.53. The molecule has 0 bridgehead atoms. The van der Waals surface area contributed by atoms with Crippen LogP contribution in [0.15, 0.2) is 35.3 Å². The fraction of sp³-hybridized carbons (Fsp3) is 0.381. The van der Waals surface area contributed by atoms with E-state index >= 15 is 0 Å². The van der Waals surface area contributed by atoms with Crippen molar-refractivity contribution in [2.75, 3.05) is 18.6 Å². The average Bonchev–Trinajstić information content (AvgIpc) is 3.37. The van der Waals surface area contributed by atoms with E-state index in [2.05, 4.69) is 10.3 Å². The molecule has 0 atom stereocenters. The predicted molar refractivity (Wildman–Crippen MR) is 111 cm³/mol. The Morgan fingerprint density at radius 1 is 1.22 bits per heavy atom. The predicted octanol–water partition coefficient (Wildman–Crippen LogP) is 4.24. The van der Waals surface area contributed by atoms with Gasteiger partial charge in [0.25, 0.3) is 0 Å². The minimum absolute atomic E-state index is 0.223. The standard InChI is InChI=1S/C21H24N3O2P/c1-13-10-17-21(22-13)18(11-15(23-17)12-19(25)14-8-9-14)24-16-6-4-5-7-20(16)27(2,3)26/h4-7,11,14H,8-10,12H2,1-3H3,(H,23,24). The minimum Gasteiger partial charge on any atom is -0.353 e. The maximum absolute atomic E-state index is 12.7. The van der Waals surface area contributed by atoms with Crippen molar-refractivity contribution in [1.82, 2.24) is 4.98 Å². The fourth-order valence-corrected chi connectivity index (χ4v) is 4.63. The molecule has 0 spiro atoms. The maximum Gasteiger partial charge on any atom is 0.141 e. The number of nitrogens with one attached hydrogen (secondary N) is 1. The van der Waals surface area contributed by atoms with E-state index in [4.69, 9.17) is 4.98 Å². The number of rotatable bonds is 6.